The molecule has 0 aromatic heterocycles. The zero-order valence-electron chi connectivity index (χ0n) is 21.1. The van der Waals surface area contributed by atoms with Crippen LogP contribution in [0.2, 0.25) is 0 Å². The van der Waals surface area contributed by atoms with Crippen LogP contribution in [0.1, 0.15) is 58.8 Å². The molecular weight excluding hydrogens is 517 g/mol. The highest BCUT2D eigenvalue weighted by molar-refractivity contribution is 5.94. The topological polar surface area (TPSA) is 131 Å². The number of nitriles is 1. The van der Waals surface area contributed by atoms with Crippen LogP contribution >= 0.6 is 0 Å². The number of rotatable bonds is 8. The standard InChI is InChI=1S/C24H32F5N5O4/c1-12(2)8-17(33-22(38)24(27,28)29)21(37)34-15-5-6-16(23(25,26)10-15)18(34)20(36)32-14(11-30)9-13-4-3-7-31-19(13)35/h12-18H,3-10H2,1-2H3,(H,31,35)(H,32,36)(H,33,38)/t13-,14+,15+,16+,17-,18+/m0/s1. The Labute approximate surface area is 216 Å². The number of hydrogen-bond donors (Lipinski definition) is 3. The average Bonchev–Trinajstić information content (AvgIpc) is 2.82. The van der Waals surface area contributed by atoms with Gasteiger partial charge < -0.3 is 20.9 Å². The first kappa shape index (κ1) is 29.6. The molecule has 4 fully saturated rings. The number of amides is 4. The molecule has 4 aliphatic rings. The number of piperidine rings is 3. The second-order valence-corrected chi connectivity index (χ2v) is 10.7. The SMILES string of the molecule is CC(C)C[C@H](NC(=O)C(F)(F)F)C(=O)N1[C@@H]2CC[C@H]([C@@H]1C(=O)N[C@@H](C#N)C[C@@H]1CCCNC1=O)C(F)(F)C2. The Kier molecular flexibility index (Phi) is 8.88. The fourth-order valence-electron chi connectivity index (χ4n) is 5.68. The second kappa shape index (κ2) is 11.4. The molecule has 3 N–H and O–H groups in total. The van der Waals surface area contributed by atoms with Crippen LogP contribution in [-0.2, 0) is 19.2 Å². The number of carbonyl (C=O) groups excluding carboxylic acids is 4. The smallest absolute Gasteiger partial charge is 0.356 e. The number of halogens is 5. The number of hydrogen-bond acceptors (Lipinski definition) is 5. The fraction of sp³-hybridized carbons (Fsp3) is 0.792. The summed E-state index contributed by atoms with van der Waals surface area (Å²) in [6, 6.07) is -3.93. The van der Waals surface area contributed by atoms with E-state index in [2.05, 4.69) is 10.6 Å². The van der Waals surface area contributed by atoms with E-state index >= 15 is 0 Å². The van der Waals surface area contributed by atoms with Crippen LogP contribution in [0.4, 0.5) is 22.0 Å². The van der Waals surface area contributed by atoms with Gasteiger partial charge >= 0.3 is 12.1 Å². The summed E-state index contributed by atoms with van der Waals surface area (Å²) in [5.74, 6) is -10.6. The van der Waals surface area contributed by atoms with E-state index in [4.69, 9.17) is 0 Å². The van der Waals surface area contributed by atoms with E-state index in [9.17, 15) is 46.4 Å². The molecular formula is C24H32F5N5O4. The van der Waals surface area contributed by atoms with Gasteiger partial charge in [-0.15, -0.1) is 0 Å². The van der Waals surface area contributed by atoms with Crippen LogP contribution in [0.5, 0.6) is 0 Å². The average molecular weight is 550 g/mol. The van der Waals surface area contributed by atoms with Crippen molar-refractivity contribution in [2.75, 3.05) is 6.54 Å². The molecule has 9 nitrogen and oxygen atoms in total. The van der Waals surface area contributed by atoms with Gasteiger partial charge in [0.05, 0.1) is 12.0 Å². The van der Waals surface area contributed by atoms with E-state index in [1.807, 2.05) is 6.07 Å². The normalized spacial score (nSPS) is 28.2. The molecule has 212 valence electrons. The Hall–Kier alpha value is -2.98. The number of nitrogens with one attached hydrogen (secondary N) is 3. The highest BCUT2D eigenvalue weighted by Gasteiger charge is 2.61. The third kappa shape index (κ3) is 6.53. The number of alkyl halides is 5. The van der Waals surface area contributed by atoms with E-state index in [1.54, 1.807) is 19.2 Å². The van der Waals surface area contributed by atoms with Crippen LogP contribution < -0.4 is 16.0 Å². The van der Waals surface area contributed by atoms with Gasteiger partial charge in [0.1, 0.15) is 18.1 Å². The van der Waals surface area contributed by atoms with Crippen molar-refractivity contribution >= 4 is 23.6 Å². The van der Waals surface area contributed by atoms with E-state index in [1.165, 1.54) is 0 Å². The van der Waals surface area contributed by atoms with Crippen LogP contribution in [0.25, 0.3) is 0 Å². The Balaban J connectivity index is 1.87. The van der Waals surface area contributed by atoms with Gasteiger partial charge in [0, 0.05) is 24.9 Å². The molecule has 4 amide bonds. The molecule has 38 heavy (non-hydrogen) atoms. The molecule has 6 atom stereocenters. The van der Waals surface area contributed by atoms with Gasteiger partial charge in [-0.25, -0.2) is 8.78 Å². The molecule has 1 saturated carbocycles. The zero-order chi connectivity index (χ0) is 28.4. The summed E-state index contributed by atoms with van der Waals surface area (Å²) in [4.78, 5) is 51.5. The number of fused-ring (bicyclic) bond motifs is 3. The lowest BCUT2D eigenvalue weighted by Gasteiger charge is -2.54. The lowest BCUT2D eigenvalue weighted by molar-refractivity contribution is -0.196. The van der Waals surface area contributed by atoms with Crippen molar-refractivity contribution in [1.82, 2.24) is 20.9 Å². The predicted molar refractivity (Wildman–Crippen MR) is 122 cm³/mol. The molecule has 4 rings (SSSR count). The lowest BCUT2D eigenvalue weighted by Crippen LogP contribution is -2.71. The zero-order valence-corrected chi connectivity index (χ0v) is 21.1. The van der Waals surface area contributed by atoms with E-state index in [0.717, 1.165) is 4.90 Å². The molecule has 2 bridgehead atoms. The van der Waals surface area contributed by atoms with Crippen molar-refractivity contribution in [1.29, 1.82) is 5.26 Å². The minimum atomic E-state index is -5.27. The molecule has 3 aliphatic heterocycles. The maximum Gasteiger partial charge on any atom is 0.471 e. The van der Waals surface area contributed by atoms with Crippen molar-refractivity contribution in [2.24, 2.45) is 17.8 Å². The van der Waals surface area contributed by atoms with Crippen molar-refractivity contribution < 1.29 is 41.1 Å². The largest absolute Gasteiger partial charge is 0.471 e. The predicted octanol–water partition coefficient (Wildman–Crippen LogP) is 2.02. The first-order valence-electron chi connectivity index (χ1n) is 12.7. The number of carbonyl (C=O) groups is 4. The quantitative estimate of drug-likeness (QED) is 0.399. The first-order chi connectivity index (χ1) is 17.7. The highest BCUT2D eigenvalue weighted by atomic mass is 19.4. The second-order valence-electron chi connectivity index (χ2n) is 10.7. The molecule has 0 radical (unpaired) electrons. The molecule has 0 spiro atoms. The summed E-state index contributed by atoms with van der Waals surface area (Å²) in [6.45, 7) is 3.71. The van der Waals surface area contributed by atoms with Crippen molar-refractivity contribution in [3.63, 3.8) is 0 Å². The third-order valence-corrected chi connectivity index (χ3v) is 7.42. The van der Waals surface area contributed by atoms with Gasteiger partial charge in [0.15, 0.2) is 0 Å². The highest BCUT2D eigenvalue weighted by Crippen LogP contribution is 2.49. The minimum Gasteiger partial charge on any atom is -0.356 e. The maximum atomic E-state index is 14.9. The van der Waals surface area contributed by atoms with Gasteiger partial charge in [-0.3, -0.25) is 19.2 Å². The fourth-order valence-corrected chi connectivity index (χ4v) is 5.68. The third-order valence-electron chi connectivity index (χ3n) is 7.42. The van der Waals surface area contributed by atoms with E-state index < -0.39 is 72.2 Å². The Morgan fingerprint density at radius 3 is 2.42 bits per heavy atom. The summed E-state index contributed by atoms with van der Waals surface area (Å²) in [7, 11) is 0. The van der Waals surface area contributed by atoms with Gasteiger partial charge in [0.2, 0.25) is 17.7 Å². The number of nitrogens with zero attached hydrogens (tertiary/aromatic N) is 2. The molecule has 0 aromatic rings. The van der Waals surface area contributed by atoms with Crippen LogP contribution in [0.3, 0.4) is 0 Å². The van der Waals surface area contributed by atoms with Crippen molar-refractivity contribution in [3.8, 4) is 6.07 Å². The van der Waals surface area contributed by atoms with Crippen LogP contribution in [0, 0.1) is 29.1 Å². The minimum absolute atomic E-state index is 0.0587. The molecule has 0 aromatic carbocycles. The summed E-state index contributed by atoms with van der Waals surface area (Å²) < 4.78 is 68.7. The summed E-state index contributed by atoms with van der Waals surface area (Å²) >= 11 is 0. The monoisotopic (exact) mass is 549 g/mol. The first-order valence-corrected chi connectivity index (χ1v) is 12.7. The van der Waals surface area contributed by atoms with Gasteiger partial charge in [-0.05, 0) is 44.4 Å². The van der Waals surface area contributed by atoms with Crippen molar-refractivity contribution in [2.45, 2.75) is 95.1 Å². The lowest BCUT2D eigenvalue weighted by atomic mass is 9.71. The van der Waals surface area contributed by atoms with Gasteiger partial charge in [-0.2, -0.15) is 18.4 Å². The van der Waals surface area contributed by atoms with E-state index in [0.29, 0.717) is 19.4 Å². The van der Waals surface area contributed by atoms with E-state index in [-0.39, 0.29) is 37.5 Å². The molecule has 1 aliphatic carbocycles. The summed E-state index contributed by atoms with van der Waals surface area (Å²) in [6.07, 6.45) is -5.15. The van der Waals surface area contributed by atoms with Gasteiger partial charge in [-0.1, -0.05) is 13.8 Å². The maximum absolute atomic E-state index is 14.9. The summed E-state index contributed by atoms with van der Waals surface area (Å²) in [5.41, 5.74) is 0. The van der Waals surface area contributed by atoms with Crippen LogP contribution in [0.15, 0.2) is 0 Å². The van der Waals surface area contributed by atoms with Crippen LogP contribution in [-0.4, -0.2) is 71.3 Å². The Morgan fingerprint density at radius 2 is 1.87 bits per heavy atom. The Morgan fingerprint density at radius 1 is 1.18 bits per heavy atom. The Bertz CT molecular complexity index is 982. The summed E-state index contributed by atoms with van der Waals surface area (Å²) in [5, 5.41) is 16.3. The van der Waals surface area contributed by atoms with Crippen molar-refractivity contribution in [3.05, 3.63) is 0 Å². The molecule has 3 heterocycles. The van der Waals surface area contributed by atoms with Gasteiger partial charge in [0.25, 0.3) is 5.92 Å². The molecule has 14 heteroatoms. The molecule has 0 unspecified atom stereocenters. The molecule has 3 saturated heterocycles.